The van der Waals surface area contributed by atoms with E-state index in [9.17, 15) is 8.76 Å². The minimum Gasteiger partial charge on any atom is -0.760 e. The summed E-state index contributed by atoms with van der Waals surface area (Å²) in [6.07, 6.45) is 3.47. The van der Waals surface area contributed by atoms with Gasteiger partial charge in [0.15, 0.2) is 0 Å². The SMILES string of the molecule is COc1ncc(-c2cc(-c3nnc(CN4CCN(C(C)C)CC4)o3)c3cnn(C)c3c2)cc1CNS(=O)[O-]. The number of piperazine rings is 1. The van der Waals surface area contributed by atoms with Gasteiger partial charge in [-0.15, -0.1) is 10.2 Å². The summed E-state index contributed by atoms with van der Waals surface area (Å²) in [7, 11) is 3.37. The van der Waals surface area contributed by atoms with Gasteiger partial charge in [-0.3, -0.25) is 18.7 Å². The second-order valence-corrected chi connectivity index (χ2v) is 10.3. The van der Waals surface area contributed by atoms with Crippen molar-refractivity contribution in [3.8, 4) is 28.5 Å². The van der Waals surface area contributed by atoms with E-state index in [1.54, 1.807) is 17.1 Å². The first-order valence-corrected chi connectivity index (χ1v) is 13.5. The Bertz CT molecular complexity index is 1440. The third-order valence-electron chi connectivity index (χ3n) is 6.89. The third kappa shape index (κ3) is 5.61. The van der Waals surface area contributed by atoms with E-state index >= 15 is 0 Å². The fourth-order valence-electron chi connectivity index (χ4n) is 4.75. The van der Waals surface area contributed by atoms with Crippen LogP contribution in [-0.4, -0.2) is 82.9 Å². The molecule has 0 radical (unpaired) electrons. The van der Waals surface area contributed by atoms with E-state index in [1.165, 1.54) is 7.11 Å². The van der Waals surface area contributed by atoms with Crippen molar-refractivity contribution in [3.05, 3.63) is 42.0 Å². The van der Waals surface area contributed by atoms with Gasteiger partial charge in [0.25, 0.3) is 0 Å². The van der Waals surface area contributed by atoms with Crippen LogP contribution in [-0.2, 0) is 31.4 Å². The van der Waals surface area contributed by atoms with E-state index in [0.717, 1.165) is 53.8 Å². The van der Waals surface area contributed by atoms with Gasteiger partial charge in [-0.1, -0.05) is 0 Å². The number of hydrogen-bond donors (Lipinski definition) is 1. The molecule has 0 bridgehead atoms. The van der Waals surface area contributed by atoms with Gasteiger partial charge in [-0.25, -0.2) is 9.71 Å². The molecule has 5 rings (SSSR count). The number of benzene rings is 1. The molecule has 1 unspecified atom stereocenters. The van der Waals surface area contributed by atoms with Crippen molar-refractivity contribution < 1.29 is 17.9 Å². The van der Waals surface area contributed by atoms with Gasteiger partial charge in [0, 0.05) is 79.8 Å². The largest absolute Gasteiger partial charge is 0.760 e. The van der Waals surface area contributed by atoms with Crippen molar-refractivity contribution in [2.45, 2.75) is 33.0 Å². The quantitative estimate of drug-likeness (QED) is 0.315. The number of pyridine rings is 1. The van der Waals surface area contributed by atoms with Gasteiger partial charge in [0.2, 0.25) is 17.7 Å². The standard InChI is InChI=1S/C25H32N8O4S/c1-16(2)33-7-5-32(6-8-33)15-23-29-30-25(37-23)20-10-17(11-22-21(20)14-27-31(22)3)18-9-19(13-28-38(34)35)24(36-4)26-12-18/h9-12,14,16,28H,5-8,13,15H2,1-4H3,(H,34,35)/p-1. The second-order valence-electron chi connectivity index (χ2n) is 9.58. The Morgan fingerprint density at radius 2 is 1.92 bits per heavy atom. The highest BCUT2D eigenvalue weighted by Gasteiger charge is 2.22. The molecule has 38 heavy (non-hydrogen) atoms. The lowest BCUT2D eigenvalue weighted by Gasteiger charge is -2.36. The summed E-state index contributed by atoms with van der Waals surface area (Å²) >= 11 is -2.41. The Balaban J connectivity index is 1.45. The number of nitrogens with one attached hydrogen (secondary N) is 1. The van der Waals surface area contributed by atoms with Gasteiger partial charge in [0.05, 0.1) is 30.9 Å². The number of fused-ring (bicyclic) bond motifs is 1. The average Bonchev–Trinajstić information content (AvgIpc) is 3.53. The summed E-state index contributed by atoms with van der Waals surface area (Å²) in [5.41, 5.74) is 3.90. The van der Waals surface area contributed by atoms with Crippen LogP contribution < -0.4 is 9.46 Å². The van der Waals surface area contributed by atoms with E-state index in [4.69, 9.17) is 9.15 Å². The average molecular weight is 540 g/mol. The molecule has 1 saturated heterocycles. The van der Waals surface area contributed by atoms with Crippen molar-refractivity contribution in [2.24, 2.45) is 7.05 Å². The molecule has 1 aliphatic heterocycles. The van der Waals surface area contributed by atoms with Crippen molar-refractivity contribution >= 4 is 22.2 Å². The first-order chi connectivity index (χ1) is 18.3. The lowest BCUT2D eigenvalue weighted by Crippen LogP contribution is -2.48. The summed E-state index contributed by atoms with van der Waals surface area (Å²) in [5, 5.41) is 14.0. The number of ether oxygens (including phenoxy) is 1. The Kier molecular flexibility index (Phi) is 7.81. The van der Waals surface area contributed by atoms with Crippen LogP contribution in [0.2, 0.25) is 0 Å². The summed E-state index contributed by atoms with van der Waals surface area (Å²) < 4.78 is 37.7. The van der Waals surface area contributed by atoms with Crippen LogP contribution in [0.25, 0.3) is 33.5 Å². The summed E-state index contributed by atoms with van der Waals surface area (Å²) in [5.74, 6) is 1.35. The molecule has 202 valence electrons. The van der Waals surface area contributed by atoms with Crippen LogP contribution in [0.3, 0.4) is 0 Å². The Labute approximate surface area is 223 Å². The first kappa shape index (κ1) is 26.4. The van der Waals surface area contributed by atoms with Crippen molar-refractivity contribution in [2.75, 3.05) is 33.3 Å². The Morgan fingerprint density at radius 3 is 2.63 bits per heavy atom. The summed E-state index contributed by atoms with van der Waals surface area (Å²) in [6, 6.07) is 6.37. The maximum absolute atomic E-state index is 11.0. The molecule has 3 aromatic heterocycles. The molecule has 4 heterocycles. The molecule has 0 amide bonds. The van der Waals surface area contributed by atoms with Gasteiger partial charge in [0.1, 0.15) is 0 Å². The lowest BCUT2D eigenvalue weighted by molar-refractivity contribution is 0.0979. The zero-order valence-electron chi connectivity index (χ0n) is 21.9. The molecule has 1 fully saturated rings. The van der Waals surface area contributed by atoms with E-state index < -0.39 is 11.3 Å². The van der Waals surface area contributed by atoms with Crippen LogP contribution >= 0.6 is 0 Å². The molecular weight excluding hydrogens is 508 g/mol. The molecule has 13 heteroatoms. The van der Waals surface area contributed by atoms with E-state index in [0.29, 0.717) is 35.8 Å². The molecule has 1 atom stereocenters. The van der Waals surface area contributed by atoms with Crippen molar-refractivity contribution in [1.82, 2.24) is 39.5 Å². The van der Waals surface area contributed by atoms with E-state index in [-0.39, 0.29) is 6.54 Å². The van der Waals surface area contributed by atoms with Crippen LogP contribution in [0.5, 0.6) is 5.88 Å². The lowest BCUT2D eigenvalue weighted by atomic mass is 10.00. The normalized spacial score (nSPS) is 15.9. The monoisotopic (exact) mass is 539 g/mol. The van der Waals surface area contributed by atoms with E-state index in [2.05, 4.69) is 48.6 Å². The molecule has 1 aliphatic rings. The Morgan fingerprint density at radius 1 is 1.13 bits per heavy atom. The minimum absolute atomic E-state index is 0.0549. The number of aromatic nitrogens is 5. The molecule has 1 N–H and O–H groups in total. The number of hydrogen-bond acceptors (Lipinski definition) is 10. The second kappa shape index (κ2) is 11.3. The maximum Gasteiger partial charge on any atom is 0.248 e. The minimum atomic E-state index is -2.41. The number of aryl methyl sites for hydroxylation is 1. The van der Waals surface area contributed by atoms with Crippen LogP contribution in [0.15, 0.2) is 35.0 Å². The molecule has 0 saturated carbocycles. The van der Waals surface area contributed by atoms with Crippen molar-refractivity contribution in [3.63, 3.8) is 0 Å². The van der Waals surface area contributed by atoms with E-state index in [1.807, 2.05) is 25.2 Å². The highest BCUT2D eigenvalue weighted by molar-refractivity contribution is 7.77. The molecule has 12 nitrogen and oxygen atoms in total. The van der Waals surface area contributed by atoms with Gasteiger partial charge < -0.3 is 13.7 Å². The predicted molar refractivity (Wildman–Crippen MR) is 142 cm³/mol. The number of rotatable bonds is 9. The highest BCUT2D eigenvalue weighted by Crippen LogP contribution is 2.34. The molecule has 0 aliphatic carbocycles. The fourth-order valence-corrected chi connectivity index (χ4v) is 5.02. The maximum atomic E-state index is 11.0. The summed E-state index contributed by atoms with van der Waals surface area (Å²) in [4.78, 5) is 9.18. The molecule has 0 spiro atoms. The smallest absolute Gasteiger partial charge is 0.248 e. The summed E-state index contributed by atoms with van der Waals surface area (Å²) in [6.45, 7) is 9.07. The number of nitrogens with zero attached hydrogens (tertiary/aromatic N) is 7. The van der Waals surface area contributed by atoms with Gasteiger partial charge in [-0.2, -0.15) is 5.10 Å². The Hall–Kier alpha value is -3.23. The fraction of sp³-hybridized carbons (Fsp3) is 0.440. The van der Waals surface area contributed by atoms with Crippen LogP contribution in [0.4, 0.5) is 0 Å². The number of methoxy groups -OCH3 is 1. The molecule has 4 aromatic rings. The van der Waals surface area contributed by atoms with Crippen molar-refractivity contribution in [1.29, 1.82) is 0 Å². The predicted octanol–water partition coefficient (Wildman–Crippen LogP) is 2.10. The molecule has 1 aromatic carbocycles. The topological polar surface area (TPSA) is 138 Å². The third-order valence-corrected chi connectivity index (χ3v) is 7.27. The first-order valence-electron chi connectivity index (χ1n) is 12.4. The van der Waals surface area contributed by atoms with Crippen LogP contribution in [0, 0.1) is 0 Å². The van der Waals surface area contributed by atoms with Gasteiger partial charge in [-0.05, 0) is 37.6 Å². The van der Waals surface area contributed by atoms with Gasteiger partial charge >= 0.3 is 0 Å². The zero-order chi connectivity index (χ0) is 26.8. The highest BCUT2D eigenvalue weighted by atomic mass is 32.2. The van der Waals surface area contributed by atoms with Crippen LogP contribution in [0.1, 0.15) is 25.3 Å². The molecular formula is C25H31N8O4S-. The zero-order valence-corrected chi connectivity index (χ0v) is 22.7.